The molecule has 1 unspecified atom stereocenters. The van der Waals surface area contributed by atoms with Gasteiger partial charge in [-0.15, -0.1) is 0 Å². The summed E-state index contributed by atoms with van der Waals surface area (Å²) in [7, 11) is 1.60. The summed E-state index contributed by atoms with van der Waals surface area (Å²) in [5.74, 6) is 0.619. The molecule has 2 rings (SSSR count). The summed E-state index contributed by atoms with van der Waals surface area (Å²) in [4.78, 5) is 12.4. The van der Waals surface area contributed by atoms with Crippen molar-refractivity contribution in [3.63, 3.8) is 0 Å². The largest absolute Gasteiger partial charge is 0.467 e. The standard InChI is InChI=1S/C17H21NO3/c1-11-8-12(2)16(13(3)9-11)17(19)18-10-15(20-4)14-6-5-7-21-14/h5-9,15H,10H2,1-4H3,(H,18,19). The molecule has 0 aliphatic heterocycles. The highest BCUT2D eigenvalue weighted by atomic mass is 16.5. The summed E-state index contributed by atoms with van der Waals surface area (Å²) in [6, 6.07) is 7.67. The SMILES string of the molecule is COC(CNC(=O)c1c(C)cc(C)cc1C)c1ccco1. The molecule has 4 nitrogen and oxygen atoms in total. The van der Waals surface area contributed by atoms with E-state index >= 15 is 0 Å². The van der Waals surface area contributed by atoms with E-state index in [1.165, 1.54) is 0 Å². The van der Waals surface area contributed by atoms with Gasteiger partial charge in [0, 0.05) is 12.7 Å². The van der Waals surface area contributed by atoms with Crippen LogP contribution < -0.4 is 5.32 Å². The Morgan fingerprint density at radius 3 is 2.48 bits per heavy atom. The molecule has 0 aliphatic carbocycles. The summed E-state index contributed by atoms with van der Waals surface area (Å²) in [6.07, 6.45) is 1.31. The van der Waals surface area contributed by atoms with E-state index in [0.29, 0.717) is 12.3 Å². The number of hydrogen-bond donors (Lipinski definition) is 1. The van der Waals surface area contributed by atoms with Crippen LogP contribution in [0.3, 0.4) is 0 Å². The van der Waals surface area contributed by atoms with Crippen LogP contribution in [-0.4, -0.2) is 19.6 Å². The molecule has 1 aromatic carbocycles. The van der Waals surface area contributed by atoms with E-state index < -0.39 is 0 Å². The molecule has 0 aliphatic rings. The van der Waals surface area contributed by atoms with Crippen molar-refractivity contribution in [1.82, 2.24) is 5.32 Å². The first-order valence-corrected chi connectivity index (χ1v) is 6.95. The quantitative estimate of drug-likeness (QED) is 0.917. The van der Waals surface area contributed by atoms with Gasteiger partial charge in [0.05, 0.1) is 12.8 Å². The van der Waals surface area contributed by atoms with Gasteiger partial charge in [-0.1, -0.05) is 17.7 Å². The van der Waals surface area contributed by atoms with Crippen molar-refractivity contribution in [2.75, 3.05) is 13.7 Å². The van der Waals surface area contributed by atoms with Gasteiger partial charge in [-0.3, -0.25) is 4.79 Å². The average molecular weight is 287 g/mol. The van der Waals surface area contributed by atoms with Crippen molar-refractivity contribution < 1.29 is 13.9 Å². The van der Waals surface area contributed by atoms with E-state index in [9.17, 15) is 4.79 Å². The molecule has 2 aromatic rings. The highest BCUT2D eigenvalue weighted by Gasteiger charge is 2.17. The van der Waals surface area contributed by atoms with E-state index in [0.717, 1.165) is 22.3 Å². The number of rotatable bonds is 5. The minimum absolute atomic E-state index is 0.0846. The van der Waals surface area contributed by atoms with Crippen LogP contribution in [0.1, 0.15) is 38.9 Å². The van der Waals surface area contributed by atoms with Crippen molar-refractivity contribution in [2.24, 2.45) is 0 Å². The Balaban J connectivity index is 2.08. The van der Waals surface area contributed by atoms with Crippen molar-refractivity contribution in [3.05, 3.63) is 58.5 Å². The molecule has 0 saturated carbocycles. The van der Waals surface area contributed by atoms with E-state index in [4.69, 9.17) is 9.15 Å². The fraction of sp³-hybridized carbons (Fsp3) is 0.353. The summed E-state index contributed by atoms with van der Waals surface area (Å²) in [6.45, 7) is 6.31. The lowest BCUT2D eigenvalue weighted by Crippen LogP contribution is -2.30. The number of benzene rings is 1. The first-order valence-electron chi connectivity index (χ1n) is 6.95. The normalized spacial score (nSPS) is 12.2. The Hall–Kier alpha value is -2.07. The lowest BCUT2D eigenvalue weighted by atomic mass is 9.99. The van der Waals surface area contributed by atoms with Gasteiger partial charge in [-0.2, -0.15) is 0 Å². The van der Waals surface area contributed by atoms with Crippen LogP contribution in [0.5, 0.6) is 0 Å². The molecule has 0 radical (unpaired) electrons. The molecule has 1 atom stereocenters. The second-order valence-electron chi connectivity index (χ2n) is 5.22. The van der Waals surface area contributed by atoms with Gasteiger partial charge in [0.15, 0.2) is 0 Å². The fourth-order valence-corrected chi connectivity index (χ4v) is 2.59. The molecule has 1 aromatic heterocycles. The highest BCUT2D eigenvalue weighted by Crippen LogP contribution is 2.18. The Labute approximate surface area is 125 Å². The number of furan rings is 1. The number of methoxy groups -OCH3 is 1. The summed E-state index contributed by atoms with van der Waals surface area (Å²) in [5, 5.41) is 2.92. The van der Waals surface area contributed by atoms with Crippen LogP contribution in [0.25, 0.3) is 0 Å². The second-order valence-corrected chi connectivity index (χ2v) is 5.22. The third kappa shape index (κ3) is 3.52. The Morgan fingerprint density at radius 2 is 1.95 bits per heavy atom. The number of carbonyl (C=O) groups excluding carboxylic acids is 1. The number of ether oxygens (including phenoxy) is 1. The molecule has 0 bridgehead atoms. The predicted octanol–water partition coefficient (Wildman–Crippen LogP) is 3.32. The Morgan fingerprint density at radius 1 is 1.29 bits per heavy atom. The number of carbonyl (C=O) groups is 1. The van der Waals surface area contributed by atoms with Crippen molar-refractivity contribution in [2.45, 2.75) is 26.9 Å². The lowest BCUT2D eigenvalue weighted by molar-refractivity contribution is 0.0737. The molecule has 1 amide bonds. The fourth-order valence-electron chi connectivity index (χ4n) is 2.59. The zero-order valence-corrected chi connectivity index (χ0v) is 12.9. The molecule has 21 heavy (non-hydrogen) atoms. The van der Waals surface area contributed by atoms with E-state index in [-0.39, 0.29) is 12.0 Å². The van der Waals surface area contributed by atoms with E-state index in [1.807, 2.05) is 39.0 Å². The molecule has 0 spiro atoms. The van der Waals surface area contributed by atoms with Crippen LogP contribution in [0, 0.1) is 20.8 Å². The van der Waals surface area contributed by atoms with Gasteiger partial charge in [0.25, 0.3) is 5.91 Å². The van der Waals surface area contributed by atoms with Crippen molar-refractivity contribution in [1.29, 1.82) is 0 Å². The van der Waals surface area contributed by atoms with Gasteiger partial charge < -0.3 is 14.5 Å². The minimum atomic E-state index is -0.282. The summed E-state index contributed by atoms with van der Waals surface area (Å²) < 4.78 is 10.7. The van der Waals surface area contributed by atoms with Crippen molar-refractivity contribution >= 4 is 5.91 Å². The zero-order valence-electron chi connectivity index (χ0n) is 12.9. The van der Waals surface area contributed by atoms with E-state index in [1.54, 1.807) is 19.4 Å². The van der Waals surface area contributed by atoms with Crippen molar-refractivity contribution in [3.8, 4) is 0 Å². The maximum absolute atomic E-state index is 12.4. The molecule has 1 N–H and O–H groups in total. The maximum atomic E-state index is 12.4. The Bertz CT molecular complexity index is 594. The summed E-state index contributed by atoms with van der Waals surface area (Å²) in [5.41, 5.74) is 3.86. The third-order valence-electron chi connectivity index (χ3n) is 3.50. The average Bonchev–Trinajstić information content (AvgIpc) is 2.92. The number of amides is 1. The second kappa shape index (κ2) is 6.59. The lowest BCUT2D eigenvalue weighted by Gasteiger charge is -2.16. The highest BCUT2D eigenvalue weighted by molar-refractivity contribution is 5.97. The summed E-state index contributed by atoms with van der Waals surface area (Å²) >= 11 is 0. The van der Waals surface area contributed by atoms with Gasteiger partial charge in [0.2, 0.25) is 0 Å². The topological polar surface area (TPSA) is 51.5 Å². The van der Waals surface area contributed by atoms with Gasteiger partial charge in [-0.25, -0.2) is 0 Å². The van der Waals surface area contributed by atoms with Crippen LogP contribution in [0.15, 0.2) is 34.9 Å². The molecule has 0 fully saturated rings. The number of nitrogens with one attached hydrogen (secondary N) is 1. The minimum Gasteiger partial charge on any atom is -0.467 e. The number of hydrogen-bond acceptors (Lipinski definition) is 3. The zero-order chi connectivity index (χ0) is 15.4. The van der Waals surface area contributed by atoms with Gasteiger partial charge in [-0.05, 0) is 44.0 Å². The molecule has 112 valence electrons. The molecular weight excluding hydrogens is 266 g/mol. The molecular formula is C17H21NO3. The molecule has 1 heterocycles. The van der Waals surface area contributed by atoms with Crippen LogP contribution in [-0.2, 0) is 4.74 Å². The number of aryl methyl sites for hydroxylation is 3. The Kier molecular flexibility index (Phi) is 4.81. The predicted molar refractivity (Wildman–Crippen MR) is 81.4 cm³/mol. The monoisotopic (exact) mass is 287 g/mol. The maximum Gasteiger partial charge on any atom is 0.251 e. The van der Waals surface area contributed by atoms with Crippen LogP contribution >= 0.6 is 0 Å². The molecule has 4 heteroatoms. The first kappa shape index (κ1) is 15.3. The molecule has 0 saturated heterocycles. The van der Waals surface area contributed by atoms with E-state index in [2.05, 4.69) is 5.32 Å². The smallest absolute Gasteiger partial charge is 0.251 e. The first-order chi connectivity index (χ1) is 10.0. The van der Waals surface area contributed by atoms with Crippen LogP contribution in [0.4, 0.5) is 0 Å². The third-order valence-corrected chi connectivity index (χ3v) is 3.50. The van der Waals surface area contributed by atoms with Gasteiger partial charge >= 0.3 is 0 Å². The van der Waals surface area contributed by atoms with Crippen LogP contribution in [0.2, 0.25) is 0 Å². The van der Waals surface area contributed by atoms with Gasteiger partial charge in [0.1, 0.15) is 11.9 Å².